The molecule has 1 aliphatic heterocycles. The third-order valence-electron chi connectivity index (χ3n) is 6.66. The molecule has 10 heteroatoms. The zero-order valence-corrected chi connectivity index (χ0v) is 18.6. The molecule has 1 saturated carbocycles. The summed E-state index contributed by atoms with van der Waals surface area (Å²) in [5.41, 5.74) is 0.876. The molecule has 3 atom stereocenters. The number of benzene rings is 1. The van der Waals surface area contributed by atoms with Gasteiger partial charge in [0.1, 0.15) is 11.9 Å². The molecule has 1 aromatic carbocycles. The zero-order chi connectivity index (χ0) is 24.2. The molecule has 5 rings (SSSR count). The van der Waals surface area contributed by atoms with Crippen LogP contribution >= 0.6 is 0 Å². The number of carbonyl (C=O) groups excluding carboxylic acids is 2. The molecular formula is C24H22F3N5O2. The van der Waals surface area contributed by atoms with E-state index in [1.165, 1.54) is 11.8 Å². The van der Waals surface area contributed by atoms with Crippen LogP contribution in [0, 0.1) is 25.7 Å². The Balaban J connectivity index is 1.71. The number of aryl methyl sites for hydroxylation is 2. The van der Waals surface area contributed by atoms with Crippen LogP contribution in [0.4, 0.5) is 19.0 Å². The summed E-state index contributed by atoms with van der Waals surface area (Å²) in [6, 6.07) is 8.56. The fourth-order valence-electron chi connectivity index (χ4n) is 5.29. The van der Waals surface area contributed by atoms with E-state index in [0.29, 0.717) is 30.6 Å². The molecule has 0 bridgehead atoms. The highest BCUT2D eigenvalue weighted by Gasteiger charge is 2.54. The van der Waals surface area contributed by atoms with Gasteiger partial charge in [-0.05, 0) is 62.4 Å². The zero-order valence-electron chi connectivity index (χ0n) is 18.6. The summed E-state index contributed by atoms with van der Waals surface area (Å²) in [7, 11) is 0. The minimum Gasteiger partial charge on any atom is -0.294 e. The second-order valence-corrected chi connectivity index (χ2v) is 8.92. The lowest BCUT2D eigenvalue weighted by Gasteiger charge is -2.28. The van der Waals surface area contributed by atoms with Crippen molar-refractivity contribution < 1.29 is 22.8 Å². The van der Waals surface area contributed by atoms with Crippen LogP contribution in [0.25, 0.3) is 5.69 Å². The minimum atomic E-state index is -4.58. The number of alkyl halides is 3. The molecule has 3 heterocycles. The van der Waals surface area contributed by atoms with E-state index < -0.39 is 17.8 Å². The number of nitrogens with zero attached hydrogens (tertiary/aromatic N) is 5. The van der Waals surface area contributed by atoms with Crippen molar-refractivity contribution in [1.29, 1.82) is 0 Å². The standard InChI is InChI=1S/C24H22F3N5O2/c1-13-5-3-6-16(9-13)31-20(12-33)29-30-22(31)21-17-7-4-8-18(17)23(34)32(21)19-11-15(24(25,26)27)10-14(2)28-19/h3,5-6,9-12,17-18,21H,4,7-8H2,1-2H3/t17-,18+,21-/m0/s1. The summed E-state index contributed by atoms with van der Waals surface area (Å²) in [5.74, 6) is -0.455. The fraction of sp³-hybridized carbons (Fsp3) is 0.375. The first-order valence-electron chi connectivity index (χ1n) is 11.1. The normalized spacial score (nSPS) is 22.3. The number of pyridine rings is 1. The van der Waals surface area contributed by atoms with Crippen molar-refractivity contribution in [3.05, 3.63) is 64.9 Å². The van der Waals surface area contributed by atoms with Gasteiger partial charge in [0.25, 0.3) is 0 Å². The van der Waals surface area contributed by atoms with Crippen LogP contribution in [-0.4, -0.2) is 31.9 Å². The molecule has 2 aliphatic rings. The van der Waals surface area contributed by atoms with Gasteiger partial charge in [-0.3, -0.25) is 19.1 Å². The maximum absolute atomic E-state index is 13.6. The van der Waals surface area contributed by atoms with Crippen LogP contribution in [0.1, 0.15) is 58.6 Å². The van der Waals surface area contributed by atoms with Gasteiger partial charge in [0.2, 0.25) is 11.7 Å². The molecule has 0 unspecified atom stereocenters. The van der Waals surface area contributed by atoms with E-state index >= 15 is 0 Å². The average molecular weight is 469 g/mol. The molecule has 0 N–H and O–H groups in total. The number of hydrogen-bond acceptors (Lipinski definition) is 5. The van der Waals surface area contributed by atoms with Crippen molar-refractivity contribution in [1.82, 2.24) is 19.7 Å². The van der Waals surface area contributed by atoms with Gasteiger partial charge in [0.05, 0.1) is 5.56 Å². The third kappa shape index (κ3) is 3.57. The lowest BCUT2D eigenvalue weighted by atomic mass is 9.93. The topological polar surface area (TPSA) is 81.0 Å². The van der Waals surface area contributed by atoms with Crippen molar-refractivity contribution in [3.63, 3.8) is 0 Å². The number of fused-ring (bicyclic) bond motifs is 1. The first-order valence-corrected chi connectivity index (χ1v) is 11.1. The van der Waals surface area contributed by atoms with Crippen LogP contribution in [-0.2, 0) is 11.0 Å². The first kappa shape index (κ1) is 22.2. The maximum Gasteiger partial charge on any atom is 0.416 e. The molecule has 34 heavy (non-hydrogen) atoms. The van der Waals surface area contributed by atoms with Gasteiger partial charge in [0, 0.05) is 17.3 Å². The summed E-state index contributed by atoms with van der Waals surface area (Å²) in [5, 5.41) is 8.31. The summed E-state index contributed by atoms with van der Waals surface area (Å²) in [6.07, 6.45) is -1.80. The van der Waals surface area contributed by atoms with Crippen molar-refractivity contribution in [2.24, 2.45) is 11.8 Å². The molecule has 2 fully saturated rings. The van der Waals surface area contributed by atoms with E-state index in [0.717, 1.165) is 24.1 Å². The van der Waals surface area contributed by atoms with E-state index in [1.807, 2.05) is 25.1 Å². The predicted octanol–water partition coefficient (Wildman–Crippen LogP) is 4.61. The van der Waals surface area contributed by atoms with Crippen molar-refractivity contribution in [3.8, 4) is 5.69 Å². The van der Waals surface area contributed by atoms with E-state index in [9.17, 15) is 22.8 Å². The number of halogens is 3. The monoisotopic (exact) mass is 469 g/mol. The Morgan fingerprint density at radius 1 is 1.09 bits per heavy atom. The van der Waals surface area contributed by atoms with Crippen LogP contribution in [0.2, 0.25) is 0 Å². The Hall–Kier alpha value is -3.56. The van der Waals surface area contributed by atoms with Gasteiger partial charge in [0.15, 0.2) is 12.1 Å². The molecule has 1 aliphatic carbocycles. The molecular weight excluding hydrogens is 447 g/mol. The molecule has 1 amide bonds. The van der Waals surface area contributed by atoms with E-state index in [1.54, 1.807) is 10.6 Å². The van der Waals surface area contributed by atoms with Gasteiger partial charge in [-0.15, -0.1) is 10.2 Å². The van der Waals surface area contributed by atoms with Crippen molar-refractivity contribution in [2.75, 3.05) is 4.90 Å². The van der Waals surface area contributed by atoms with Crippen LogP contribution in [0.15, 0.2) is 36.4 Å². The molecule has 7 nitrogen and oxygen atoms in total. The van der Waals surface area contributed by atoms with Crippen molar-refractivity contribution >= 4 is 18.0 Å². The fourth-order valence-corrected chi connectivity index (χ4v) is 5.29. The third-order valence-corrected chi connectivity index (χ3v) is 6.66. The lowest BCUT2D eigenvalue weighted by molar-refractivity contribution is -0.137. The van der Waals surface area contributed by atoms with Crippen molar-refractivity contribution in [2.45, 2.75) is 45.3 Å². The highest BCUT2D eigenvalue weighted by molar-refractivity contribution is 5.98. The summed E-state index contributed by atoms with van der Waals surface area (Å²) >= 11 is 0. The summed E-state index contributed by atoms with van der Waals surface area (Å²) < 4.78 is 42.3. The number of hydrogen-bond donors (Lipinski definition) is 0. The summed E-state index contributed by atoms with van der Waals surface area (Å²) in [6.45, 7) is 3.37. The molecule has 1 saturated heterocycles. The molecule has 0 spiro atoms. The van der Waals surface area contributed by atoms with Crippen LogP contribution < -0.4 is 4.90 Å². The minimum absolute atomic E-state index is 0.0580. The molecule has 2 aromatic heterocycles. The van der Waals surface area contributed by atoms with Gasteiger partial charge >= 0.3 is 6.18 Å². The number of rotatable bonds is 4. The highest BCUT2D eigenvalue weighted by atomic mass is 19.4. The number of aldehydes is 1. The maximum atomic E-state index is 13.6. The second kappa shape index (κ2) is 8.03. The Bertz CT molecular complexity index is 1290. The van der Waals surface area contributed by atoms with E-state index in [4.69, 9.17) is 0 Å². The molecule has 0 radical (unpaired) electrons. The van der Waals surface area contributed by atoms with Gasteiger partial charge in [-0.1, -0.05) is 18.6 Å². The molecule has 3 aromatic rings. The number of carbonyl (C=O) groups is 2. The number of anilines is 1. The predicted molar refractivity (Wildman–Crippen MR) is 117 cm³/mol. The van der Waals surface area contributed by atoms with Gasteiger partial charge in [-0.2, -0.15) is 13.2 Å². The first-order chi connectivity index (χ1) is 16.2. The van der Waals surface area contributed by atoms with E-state index in [-0.39, 0.29) is 35.1 Å². The average Bonchev–Trinajstić information content (AvgIpc) is 3.48. The SMILES string of the molecule is Cc1cccc(-n2c(C=O)nnc2[C@@H]2[C@H]3CCC[C@H]3C(=O)N2c2cc(C(F)(F)F)cc(C)n2)c1. The van der Waals surface area contributed by atoms with Gasteiger partial charge < -0.3 is 0 Å². The smallest absolute Gasteiger partial charge is 0.294 e. The highest BCUT2D eigenvalue weighted by Crippen LogP contribution is 2.51. The van der Waals surface area contributed by atoms with Crippen LogP contribution in [0.3, 0.4) is 0 Å². The number of amides is 1. The summed E-state index contributed by atoms with van der Waals surface area (Å²) in [4.78, 5) is 31.0. The van der Waals surface area contributed by atoms with Crippen LogP contribution in [0.5, 0.6) is 0 Å². The van der Waals surface area contributed by atoms with E-state index in [2.05, 4.69) is 15.2 Å². The van der Waals surface area contributed by atoms with Gasteiger partial charge in [-0.25, -0.2) is 4.98 Å². The second-order valence-electron chi connectivity index (χ2n) is 8.92. The Morgan fingerprint density at radius 3 is 2.59 bits per heavy atom. The number of aromatic nitrogens is 4. The quantitative estimate of drug-likeness (QED) is 0.521. The Morgan fingerprint density at radius 2 is 1.88 bits per heavy atom. The Labute approximate surface area is 193 Å². The lowest BCUT2D eigenvalue weighted by Crippen LogP contribution is -2.33. The molecule has 176 valence electrons. The largest absolute Gasteiger partial charge is 0.416 e. The Kier molecular flexibility index (Phi) is 5.26.